The van der Waals surface area contributed by atoms with Crippen molar-refractivity contribution in [2.24, 2.45) is 11.3 Å². The molecular weight excluding hydrogens is 228 g/mol. The van der Waals surface area contributed by atoms with Crippen LogP contribution in [0.1, 0.15) is 40.5 Å². The minimum Gasteiger partial charge on any atom is -0.379 e. The third-order valence-electron chi connectivity index (χ3n) is 3.63. The Morgan fingerprint density at radius 2 is 2.17 bits per heavy atom. The van der Waals surface area contributed by atoms with Gasteiger partial charge in [-0.1, -0.05) is 27.7 Å². The van der Waals surface area contributed by atoms with E-state index in [0.717, 1.165) is 19.5 Å². The lowest BCUT2D eigenvalue weighted by molar-refractivity contribution is 0.0182. The van der Waals surface area contributed by atoms with E-state index < -0.39 is 0 Å². The topological polar surface area (TPSA) is 41.6 Å². The van der Waals surface area contributed by atoms with E-state index >= 15 is 0 Å². The first-order chi connectivity index (χ1) is 8.34. The molecule has 0 aliphatic carbocycles. The molecule has 1 aliphatic heterocycles. The van der Waals surface area contributed by atoms with Crippen molar-refractivity contribution in [1.29, 1.82) is 0 Å². The molecule has 0 aromatic heterocycles. The van der Waals surface area contributed by atoms with Crippen molar-refractivity contribution >= 4 is 6.03 Å². The average molecular weight is 256 g/mol. The second-order valence-corrected chi connectivity index (χ2v) is 6.47. The van der Waals surface area contributed by atoms with Gasteiger partial charge in [0, 0.05) is 26.7 Å². The van der Waals surface area contributed by atoms with Gasteiger partial charge < -0.3 is 15.0 Å². The molecule has 0 unspecified atom stereocenters. The van der Waals surface area contributed by atoms with Gasteiger partial charge in [0.05, 0.1) is 6.10 Å². The molecule has 1 aliphatic rings. The number of nitrogens with one attached hydrogen (secondary N) is 1. The fourth-order valence-electron chi connectivity index (χ4n) is 2.41. The molecule has 1 N–H and O–H groups in total. The number of hydrogen-bond acceptors (Lipinski definition) is 2. The molecule has 1 fully saturated rings. The summed E-state index contributed by atoms with van der Waals surface area (Å²) in [6.07, 6.45) is 2.39. The minimum absolute atomic E-state index is 0.0389. The standard InChI is InChI=1S/C14H28N2O2/c1-11-7-6-8-16(10-11)13(17)15-9-12(18-5)14(2,3)4/h11-12H,6-10H2,1-5H3,(H,15,17)/t11-,12-/m1/s1. The second kappa shape index (κ2) is 6.41. The SMILES string of the molecule is CO[C@H](CNC(=O)N1CCC[C@@H](C)C1)C(C)(C)C. The average Bonchev–Trinajstić information content (AvgIpc) is 2.27. The Morgan fingerprint density at radius 3 is 2.67 bits per heavy atom. The molecule has 2 atom stereocenters. The highest BCUT2D eigenvalue weighted by molar-refractivity contribution is 5.74. The molecule has 0 bridgehead atoms. The van der Waals surface area contributed by atoms with Gasteiger partial charge in [0.15, 0.2) is 0 Å². The van der Waals surface area contributed by atoms with Crippen molar-refractivity contribution in [1.82, 2.24) is 10.2 Å². The highest BCUT2D eigenvalue weighted by Crippen LogP contribution is 2.21. The highest BCUT2D eigenvalue weighted by atomic mass is 16.5. The number of ether oxygens (including phenoxy) is 1. The number of urea groups is 1. The fraction of sp³-hybridized carbons (Fsp3) is 0.929. The molecule has 0 spiro atoms. The Labute approximate surface area is 111 Å². The minimum atomic E-state index is 0.0389. The van der Waals surface area contributed by atoms with Crippen LogP contribution in [-0.4, -0.2) is 43.8 Å². The molecule has 4 heteroatoms. The van der Waals surface area contributed by atoms with Crippen LogP contribution >= 0.6 is 0 Å². The van der Waals surface area contributed by atoms with Gasteiger partial charge in [-0.3, -0.25) is 0 Å². The second-order valence-electron chi connectivity index (χ2n) is 6.47. The van der Waals surface area contributed by atoms with Gasteiger partial charge in [-0.2, -0.15) is 0 Å². The van der Waals surface area contributed by atoms with Gasteiger partial charge in [0.2, 0.25) is 0 Å². The molecule has 106 valence electrons. The monoisotopic (exact) mass is 256 g/mol. The van der Waals surface area contributed by atoms with Crippen LogP contribution in [0.3, 0.4) is 0 Å². The summed E-state index contributed by atoms with van der Waals surface area (Å²) in [5.41, 5.74) is 0.0389. The van der Waals surface area contributed by atoms with Gasteiger partial charge in [0.25, 0.3) is 0 Å². The number of carbonyl (C=O) groups is 1. The lowest BCUT2D eigenvalue weighted by Crippen LogP contribution is -2.48. The van der Waals surface area contributed by atoms with E-state index in [1.165, 1.54) is 6.42 Å². The quantitative estimate of drug-likeness (QED) is 0.843. The van der Waals surface area contributed by atoms with Gasteiger partial charge in [-0.05, 0) is 24.2 Å². The fourth-order valence-corrected chi connectivity index (χ4v) is 2.41. The summed E-state index contributed by atoms with van der Waals surface area (Å²) in [7, 11) is 1.70. The Hall–Kier alpha value is -0.770. The molecule has 2 amide bonds. The van der Waals surface area contributed by atoms with E-state index in [9.17, 15) is 4.79 Å². The molecule has 18 heavy (non-hydrogen) atoms. The van der Waals surface area contributed by atoms with E-state index in [4.69, 9.17) is 4.74 Å². The lowest BCUT2D eigenvalue weighted by Gasteiger charge is -2.33. The Morgan fingerprint density at radius 1 is 1.50 bits per heavy atom. The van der Waals surface area contributed by atoms with Crippen LogP contribution in [-0.2, 0) is 4.74 Å². The molecule has 1 rings (SSSR count). The number of carbonyl (C=O) groups excluding carboxylic acids is 1. The summed E-state index contributed by atoms with van der Waals surface area (Å²) in [6, 6.07) is 0.0489. The number of likely N-dealkylation sites (tertiary alicyclic amines) is 1. The summed E-state index contributed by atoms with van der Waals surface area (Å²) in [4.78, 5) is 14.0. The van der Waals surface area contributed by atoms with Crippen LogP contribution in [0.2, 0.25) is 0 Å². The van der Waals surface area contributed by atoms with E-state index in [2.05, 4.69) is 33.0 Å². The van der Waals surface area contributed by atoms with Crippen LogP contribution < -0.4 is 5.32 Å². The molecule has 1 heterocycles. The Bertz CT molecular complexity index is 273. The van der Waals surface area contributed by atoms with Crippen molar-refractivity contribution in [3.63, 3.8) is 0 Å². The Kier molecular flexibility index (Phi) is 5.45. The molecule has 0 saturated carbocycles. The van der Waals surface area contributed by atoms with Gasteiger partial charge in [-0.25, -0.2) is 4.79 Å². The molecule has 0 radical (unpaired) electrons. The van der Waals surface area contributed by atoms with Crippen LogP contribution in [0.5, 0.6) is 0 Å². The van der Waals surface area contributed by atoms with E-state index in [1.807, 2.05) is 4.90 Å². The zero-order valence-corrected chi connectivity index (χ0v) is 12.5. The van der Waals surface area contributed by atoms with E-state index in [0.29, 0.717) is 12.5 Å². The summed E-state index contributed by atoms with van der Waals surface area (Å²) in [5.74, 6) is 0.616. The van der Waals surface area contributed by atoms with Gasteiger partial charge in [-0.15, -0.1) is 0 Å². The number of nitrogens with zero attached hydrogens (tertiary/aromatic N) is 1. The van der Waals surface area contributed by atoms with Crippen molar-refractivity contribution in [3.8, 4) is 0 Å². The molecule has 0 aromatic rings. The normalized spacial score (nSPS) is 22.7. The van der Waals surface area contributed by atoms with Gasteiger partial charge in [0.1, 0.15) is 0 Å². The summed E-state index contributed by atoms with van der Waals surface area (Å²) >= 11 is 0. The third-order valence-corrected chi connectivity index (χ3v) is 3.63. The number of methoxy groups -OCH3 is 1. The first kappa shape index (κ1) is 15.3. The summed E-state index contributed by atoms with van der Waals surface area (Å²) in [6.45, 7) is 10.9. The maximum absolute atomic E-state index is 12.1. The first-order valence-corrected chi connectivity index (χ1v) is 6.90. The first-order valence-electron chi connectivity index (χ1n) is 6.90. The van der Waals surface area contributed by atoms with Crippen molar-refractivity contribution < 1.29 is 9.53 Å². The number of amides is 2. The van der Waals surface area contributed by atoms with Crippen LogP contribution in [0.4, 0.5) is 4.79 Å². The zero-order valence-electron chi connectivity index (χ0n) is 12.5. The van der Waals surface area contributed by atoms with Crippen molar-refractivity contribution in [2.45, 2.75) is 46.6 Å². The van der Waals surface area contributed by atoms with Crippen LogP contribution in [0.25, 0.3) is 0 Å². The van der Waals surface area contributed by atoms with Crippen molar-refractivity contribution in [3.05, 3.63) is 0 Å². The predicted octanol–water partition coefficient (Wildman–Crippen LogP) is 2.49. The summed E-state index contributed by atoms with van der Waals surface area (Å²) in [5, 5.41) is 2.99. The van der Waals surface area contributed by atoms with Crippen molar-refractivity contribution in [2.75, 3.05) is 26.7 Å². The highest BCUT2D eigenvalue weighted by Gasteiger charge is 2.26. The molecule has 0 aromatic carbocycles. The van der Waals surface area contributed by atoms with E-state index in [-0.39, 0.29) is 17.6 Å². The number of piperidine rings is 1. The van der Waals surface area contributed by atoms with Gasteiger partial charge >= 0.3 is 6.03 Å². The summed E-state index contributed by atoms with van der Waals surface area (Å²) < 4.78 is 5.44. The maximum atomic E-state index is 12.1. The maximum Gasteiger partial charge on any atom is 0.317 e. The van der Waals surface area contributed by atoms with E-state index in [1.54, 1.807) is 7.11 Å². The number of hydrogen-bond donors (Lipinski definition) is 1. The van der Waals surface area contributed by atoms with Crippen LogP contribution in [0.15, 0.2) is 0 Å². The molecule has 1 saturated heterocycles. The Balaban J connectivity index is 2.40. The largest absolute Gasteiger partial charge is 0.379 e. The smallest absolute Gasteiger partial charge is 0.317 e. The zero-order chi connectivity index (χ0) is 13.8. The predicted molar refractivity (Wildman–Crippen MR) is 73.6 cm³/mol. The molecule has 4 nitrogen and oxygen atoms in total. The number of rotatable bonds is 3. The third kappa shape index (κ3) is 4.48. The lowest BCUT2D eigenvalue weighted by atomic mass is 9.89. The van der Waals surface area contributed by atoms with Crippen LogP contribution in [0, 0.1) is 11.3 Å². The molecular formula is C14H28N2O2.